The first-order valence-electron chi connectivity index (χ1n) is 4.58. The van der Waals surface area contributed by atoms with Crippen molar-refractivity contribution in [1.29, 1.82) is 0 Å². The van der Waals surface area contributed by atoms with E-state index in [0.29, 0.717) is 12.0 Å². The number of rotatable bonds is 3. The first kappa shape index (κ1) is 9.49. The Kier molecular flexibility index (Phi) is 3.24. The third kappa shape index (κ3) is 2.45. The Morgan fingerprint density at radius 3 is 3.23 bits per heavy atom. The third-order valence-electron chi connectivity index (χ3n) is 2.46. The summed E-state index contributed by atoms with van der Waals surface area (Å²) in [7, 11) is 0. The molecule has 1 saturated heterocycles. The molecule has 13 heavy (non-hydrogen) atoms. The monoisotopic (exact) mass is 214 g/mol. The van der Waals surface area contributed by atoms with E-state index in [1.54, 1.807) is 11.3 Å². The first-order valence-corrected chi connectivity index (χ1v) is 6.61. The molecule has 1 aliphatic heterocycles. The van der Waals surface area contributed by atoms with Crippen molar-refractivity contribution in [2.45, 2.75) is 18.9 Å². The highest BCUT2D eigenvalue weighted by Crippen LogP contribution is 2.26. The number of nitrogens with two attached hydrogens (primary N) is 1. The molecule has 0 amide bonds. The van der Waals surface area contributed by atoms with E-state index in [1.165, 1.54) is 22.9 Å². The fraction of sp³-hybridized carbons (Fsp3) is 0.667. The molecule has 4 heteroatoms. The first-order chi connectivity index (χ1) is 6.36. The van der Waals surface area contributed by atoms with E-state index in [2.05, 4.69) is 4.98 Å². The van der Waals surface area contributed by atoms with Crippen LogP contribution in [0.3, 0.4) is 0 Å². The minimum Gasteiger partial charge on any atom is -0.327 e. The van der Waals surface area contributed by atoms with Crippen molar-refractivity contribution in [3.63, 3.8) is 0 Å². The van der Waals surface area contributed by atoms with Gasteiger partial charge in [0.25, 0.3) is 0 Å². The van der Waals surface area contributed by atoms with Gasteiger partial charge in [-0.25, -0.2) is 4.98 Å². The summed E-state index contributed by atoms with van der Waals surface area (Å²) in [5, 5.41) is 3.20. The fourth-order valence-corrected chi connectivity index (χ4v) is 3.65. The zero-order valence-corrected chi connectivity index (χ0v) is 9.11. The topological polar surface area (TPSA) is 38.9 Å². The van der Waals surface area contributed by atoms with Crippen LogP contribution in [0.5, 0.6) is 0 Å². The molecule has 2 nitrogen and oxygen atoms in total. The summed E-state index contributed by atoms with van der Waals surface area (Å²) in [6.07, 6.45) is 4.11. The molecule has 1 aliphatic rings. The summed E-state index contributed by atoms with van der Waals surface area (Å²) in [5.74, 6) is 3.25. The molecule has 72 valence electrons. The lowest BCUT2D eigenvalue weighted by Crippen LogP contribution is -2.32. The van der Waals surface area contributed by atoms with E-state index in [9.17, 15) is 0 Å². The summed E-state index contributed by atoms with van der Waals surface area (Å²) in [6.45, 7) is 0. The van der Waals surface area contributed by atoms with Gasteiger partial charge in [0.1, 0.15) is 0 Å². The van der Waals surface area contributed by atoms with Gasteiger partial charge in [0.15, 0.2) is 0 Å². The highest BCUT2D eigenvalue weighted by atomic mass is 32.2. The molecule has 0 aromatic carbocycles. The van der Waals surface area contributed by atoms with Gasteiger partial charge in [-0.3, -0.25) is 0 Å². The zero-order valence-electron chi connectivity index (χ0n) is 7.48. The SMILES string of the molecule is NC(Cc1nccs1)C1CCSC1. The highest BCUT2D eigenvalue weighted by molar-refractivity contribution is 7.99. The van der Waals surface area contributed by atoms with Crippen LogP contribution < -0.4 is 5.73 Å². The summed E-state index contributed by atoms with van der Waals surface area (Å²) < 4.78 is 0. The summed E-state index contributed by atoms with van der Waals surface area (Å²) in [5.41, 5.74) is 6.12. The molecule has 1 aromatic rings. The predicted molar refractivity (Wildman–Crippen MR) is 59.2 cm³/mol. The molecular weight excluding hydrogens is 200 g/mol. The molecule has 2 heterocycles. The lowest BCUT2D eigenvalue weighted by molar-refractivity contribution is 0.462. The van der Waals surface area contributed by atoms with Crippen molar-refractivity contribution in [1.82, 2.24) is 4.98 Å². The second kappa shape index (κ2) is 4.44. The molecule has 2 N–H and O–H groups in total. The average Bonchev–Trinajstić information content (AvgIpc) is 2.74. The van der Waals surface area contributed by atoms with Crippen molar-refractivity contribution in [3.8, 4) is 0 Å². The largest absolute Gasteiger partial charge is 0.327 e. The minimum atomic E-state index is 0.321. The number of nitrogens with zero attached hydrogens (tertiary/aromatic N) is 1. The van der Waals surface area contributed by atoms with Crippen molar-refractivity contribution < 1.29 is 0 Å². The molecule has 2 unspecified atom stereocenters. The van der Waals surface area contributed by atoms with Crippen LogP contribution in [0, 0.1) is 5.92 Å². The predicted octanol–water partition coefficient (Wildman–Crippen LogP) is 1.77. The van der Waals surface area contributed by atoms with Gasteiger partial charge < -0.3 is 5.73 Å². The number of thioether (sulfide) groups is 1. The van der Waals surface area contributed by atoms with Gasteiger partial charge in [-0.1, -0.05) is 0 Å². The van der Waals surface area contributed by atoms with Crippen LogP contribution in [0.15, 0.2) is 11.6 Å². The Morgan fingerprint density at radius 2 is 2.62 bits per heavy atom. The maximum atomic E-state index is 6.12. The van der Waals surface area contributed by atoms with Gasteiger partial charge in [-0.05, 0) is 23.8 Å². The maximum absolute atomic E-state index is 6.12. The van der Waals surface area contributed by atoms with Crippen molar-refractivity contribution >= 4 is 23.1 Å². The zero-order chi connectivity index (χ0) is 9.10. The van der Waals surface area contributed by atoms with Crippen molar-refractivity contribution in [2.24, 2.45) is 11.7 Å². The summed E-state index contributed by atoms with van der Waals surface area (Å²) in [4.78, 5) is 4.26. The van der Waals surface area contributed by atoms with Gasteiger partial charge in [-0.2, -0.15) is 11.8 Å². The van der Waals surface area contributed by atoms with Gasteiger partial charge in [0.05, 0.1) is 5.01 Å². The Hall–Kier alpha value is -0.0600. The Morgan fingerprint density at radius 1 is 1.69 bits per heavy atom. The summed E-state index contributed by atoms with van der Waals surface area (Å²) >= 11 is 3.74. The Labute approximate surface area is 86.9 Å². The lowest BCUT2D eigenvalue weighted by atomic mass is 9.98. The highest BCUT2D eigenvalue weighted by Gasteiger charge is 2.22. The van der Waals surface area contributed by atoms with Crippen molar-refractivity contribution in [3.05, 3.63) is 16.6 Å². The number of hydrogen-bond acceptors (Lipinski definition) is 4. The van der Waals surface area contributed by atoms with E-state index < -0.39 is 0 Å². The second-order valence-corrected chi connectivity index (χ2v) is 5.55. The quantitative estimate of drug-likeness (QED) is 0.833. The molecule has 0 saturated carbocycles. The van der Waals surface area contributed by atoms with E-state index in [0.717, 1.165) is 6.42 Å². The molecular formula is C9H14N2S2. The van der Waals surface area contributed by atoms with Crippen LogP contribution in [0.1, 0.15) is 11.4 Å². The fourth-order valence-electron chi connectivity index (χ4n) is 1.61. The van der Waals surface area contributed by atoms with Crippen LogP contribution in [-0.2, 0) is 6.42 Å². The standard InChI is InChI=1S/C9H14N2S2/c10-8(7-1-3-12-6-7)5-9-11-2-4-13-9/h2,4,7-8H,1,3,5-6,10H2. The molecule has 1 fully saturated rings. The molecule has 0 aliphatic carbocycles. The maximum Gasteiger partial charge on any atom is 0.0940 e. The van der Waals surface area contributed by atoms with Crippen molar-refractivity contribution in [2.75, 3.05) is 11.5 Å². The van der Waals surface area contributed by atoms with E-state index in [-0.39, 0.29) is 0 Å². The van der Waals surface area contributed by atoms with E-state index in [1.807, 2.05) is 23.3 Å². The second-order valence-electron chi connectivity index (χ2n) is 3.42. The molecule has 2 rings (SSSR count). The van der Waals surface area contributed by atoms with Crippen LogP contribution in [0.2, 0.25) is 0 Å². The van der Waals surface area contributed by atoms with Gasteiger partial charge in [-0.15, -0.1) is 11.3 Å². The number of aromatic nitrogens is 1. The Bertz CT molecular complexity index is 242. The van der Waals surface area contributed by atoms with Crippen LogP contribution in [0.4, 0.5) is 0 Å². The molecule has 2 atom stereocenters. The molecule has 1 aromatic heterocycles. The van der Waals surface area contributed by atoms with Crippen LogP contribution in [-0.4, -0.2) is 22.5 Å². The number of thiazole rings is 1. The normalized spacial score (nSPS) is 24.8. The molecule has 0 radical (unpaired) electrons. The van der Waals surface area contributed by atoms with Gasteiger partial charge in [0.2, 0.25) is 0 Å². The van der Waals surface area contributed by atoms with Crippen LogP contribution in [0.25, 0.3) is 0 Å². The smallest absolute Gasteiger partial charge is 0.0940 e. The summed E-state index contributed by atoms with van der Waals surface area (Å²) in [6, 6.07) is 0.321. The lowest BCUT2D eigenvalue weighted by Gasteiger charge is -2.16. The third-order valence-corrected chi connectivity index (χ3v) is 4.45. The van der Waals surface area contributed by atoms with Gasteiger partial charge in [0, 0.05) is 24.0 Å². The number of hydrogen-bond donors (Lipinski definition) is 1. The minimum absolute atomic E-state index is 0.321. The van der Waals surface area contributed by atoms with Crippen LogP contribution >= 0.6 is 23.1 Å². The molecule has 0 bridgehead atoms. The average molecular weight is 214 g/mol. The Balaban J connectivity index is 1.87. The van der Waals surface area contributed by atoms with E-state index >= 15 is 0 Å². The molecule has 0 spiro atoms. The van der Waals surface area contributed by atoms with Gasteiger partial charge >= 0.3 is 0 Å². The van der Waals surface area contributed by atoms with E-state index in [4.69, 9.17) is 5.73 Å².